The fourth-order valence-electron chi connectivity index (χ4n) is 2.50. The van der Waals surface area contributed by atoms with Gasteiger partial charge in [-0.05, 0) is 25.3 Å². The Morgan fingerprint density at radius 3 is 2.84 bits per heavy atom. The first-order valence-corrected chi connectivity index (χ1v) is 6.74. The summed E-state index contributed by atoms with van der Waals surface area (Å²) in [4.78, 5) is 14.2. The number of para-hydroxylation sites is 1. The van der Waals surface area contributed by atoms with E-state index in [1.165, 1.54) is 0 Å². The molecule has 0 unspecified atom stereocenters. The number of nitrogens with zero attached hydrogens (tertiary/aromatic N) is 1. The van der Waals surface area contributed by atoms with Gasteiger partial charge in [-0.3, -0.25) is 4.79 Å². The van der Waals surface area contributed by atoms with Gasteiger partial charge >= 0.3 is 0 Å². The van der Waals surface area contributed by atoms with Crippen molar-refractivity contribution in [2.45, 2.75) is 25.8 Å². The molecule has 1 aliphatic rings. The Labute approximate surface area is 114 Å². The van der Waals surface area contributed by atoms with E-state index in [9.17, 15) is 4.79 Å². The molecule has 19 heavy (non-hydrogen) atoms. The van der Waals surface area contributed by atoms with E-state index < -0.39 is 0 Å². The van der Waals surface area contributed by atoms with E-state index in [0.29, 0.717) is 6.54 Å². The Bertz CT molecular complexity index is 468. The van der Waals surface area contributed by atoms with Crippen molar-refractivity contribution in [3.63, 3.8) is 0 Å². The van der Waals surface area contributed by atoms with Gasteiger partial charge in [0.25, 0.3) is 0 Å². The maximum atomic E-state index is 12.4. The summed E-state index contributed by atoms with van der Waals surface area (Å²) in [5, 5.41) is 0. The van der Waals surface area contributed by atoms with E-state index in [0.717, 1.165) is 30.6 Å². The van der Waals surface area contributed by atoms with Crippen LogP contribution in [0.5, 0.6) is 5.75 Å². The lowest BCUT2D eigenvalue weighted by molar-refractivity contribution is -0.135. The van der Waals surface area contributed by atoms with Crippen LogP contribution in [0, 0.1) is 5.92 Å². The Hall–Kier alpha value is -1.77. The minimum atomic E-state index is 0.143. The van der Waals surface area contributed by atoms with Crippen LogP contribution in [0.3, 0.4) is 0 Å². The van der Waals surface area contributed by atoms with Crippen molar-refractivity contribution in [3.8, 4) is 5.75 Å². The summed E-state index contributed by atoms with van der Waals surface area (Å²) >= 11 is 0. The molecular formula is C16H21NO2. The van der Waals surface area contributed by atoms with Crippen molar-refractivity contribution in [2.24, 2.45) is 5.92 Å². The molecule has 0 aromatic heterocycles. The van der Waals surface area contributed by atoms with Crippen molar-refractivity contribution < 1.29 is 9.53 Å². The number of methoxy groups -OCH3 is 1. The van der Waals surface area contributed by atoms with Crippen LogP contribution in [0.15, 0.2) is 36.4 Å². The number of hydrogen-bond donors (Lipinski definition) is 0. The lowest BCUT2D eigenvalue weighted by Crippen LogP contribution is -2.33. The highest BCUT2D eigenvalue weighted by atomic mass is 16.5. The molecule has 1 aromatic rings. The highest BCUT2D eigenvalue weighted by Gasteiger charge is 2.22. The highest BCUT2D eigenvalue weighted by Crippen LogP contribution is 2.23. The second-order valence-electron chi connectivity index (χ2n) is 4.99. The van der Waals surface area contributed by atoms with Gasteiger partial charge < -0.3 is 9.64 Å². The molecule has 0 fully saturated rings. The Morgan fingerprint density at radius 1 is 1.37 bits per heavy atom. The Morgan fingerprint density at radius 2 is 2.16 bits per heavy atom. The predicted octanol–water partition coefficient (Wildman–Crippen LogP) is 3.01. The molecule has 0 radical (unpaired) electrons. The first kappa shape index (κ1) is 13.7. The first-order valence-electron chi connectivity index (χ1n) is 6.74. The van der Waals surface area contributed by atoms with Crippen molar-refractivity contribution >= 4 is 5.91 Å². The topological polar surface area (TPSA) is 29.5 Å². The predicted molar refractivity (Wildman–Crippen MR) is 75.9 cm³/mol. The van der Waals surface area contributed by atoms with Gasteiger partial charge in [0.1, 0.15) is 5.75 Å². The maximum absolute atomic E-state index is 12.4. The first-order chi connectivity index (χ1) is 9.22. The normalized spacial score (nSPS) is 18.1. The largest absolute Gasteiger partial charge is 0.496 e. The number of hydrogen-bond acceptors (Lipinski definition) is 2. The molecule has 0 heterocycles. The molecule has 2 rings (SSSR count). The van der Waals surface area contributed by atoms with Gasteiger partial charge in [-0.15, -0.1) is 0 Å². The summed E-state index contributed by atoms with van der Waals surface area (Å²) in [7, 11) is 3.53. The molecule has 1 atom stereocenters. The molecule has 0 saturated heterocycles. The third kappa shape index (κ3) is 3.37. The second kappa shape index (κ2) is 6.41. The number of carbonyl (C=O) groups excluding carboxylic acids is 1. The molecule has 3 heteroatoms. The van der Waals surface area contributed by atoms with Crippen LogP contribution in [0.25, 0.3) is 0 Å². The highest BCUT2D eigenvalue weighted by molar-refractivity contribution is 5.79. The average Bonchev–Trinajstić information content (AvgIpc) is 2.48. The molecule has 1 aromatic carbocycles. The molecular weight excluding hydrogens is 238 g/mol. The van der Waals surface area contributed by atoms with Gasteiger partial charge in [-0.25, -0.2) is 0 Å². The number of carbonyl (C=O) groups is 1. The van der Waals surface area contributed by atoms with Gasteiger partial charge in [-0.2, -0.15) is 0 Å². The third-order valence-corrected chi connectivity index (χ3v) is 3.59. The van der Waals surface area contributed by atoms with Gasteiger partial charge in [-0.1, -0.05) is 30.4 Å². The lowest BCUT2D eigenvalue weighted by Gasteiger charge is -2.25. The zero-order chi connectivity index (χ0) is 13.7. The molecule has 1 amide bonds. The summed E-state index contributed by atoms with van der Waals surface area (Å²) < 4.78 is 5.32. The van der Waals surface area contributed by atoms with Crippen molar-refractivity contribution in [2.75, 3.05) is 14.2 Å². The van der Waals surface area contributed by atoms with E-state index in [2.05, 4.69) is 12.2 Å². The van der Waals surface area contributed by atoms with E-state index >= 15 is 0 Å². The summed E-state index contributed by atoms with van der Waals surface area (Å²) in [5.74, 6) is 1.21. The minimum Gasteiger partial charge on any atom is -0.496 e. The monoisotopic (exact) mass is 259 g/mol. The summed E-state index contributed by atoms with van der Waals surface area (Å²) in [5.41, 5.74) is 1.05. The fourth-order valence-corrected chi connectivity index (χ4v) is 2.50. The number of ether oxygens (including phenoxy) is 1. The third-order valence-electron chi connectivity index (χ3n) is 3.59. The molecule has 0 aliphatic heterocycles. The molecule has 1 aliphatic carbocycles. The van der Waals surface area contributed by atoms with E-state index in [1.807, 2.05) is 36.2 Å². The Balaban J connectivity index is 2.01. The second-order valence-corrected chi connectivity index (χ2v) is 4.99. The minimum absolute atomic E-state index is 0.143. The molecule has 0 saturated carbocycles. The van der Waals surface area contributed by atoms with Crippen LogP contribution < -0.4 is 4.74 Å². The number of allylic oxidation sites excluding steroid dienone is 2. The van der Waals surface area contributed by atoms with Crippen molar-refractivity contribution in [1.29, 1.82) is 0 Å². The maximum Gasteiger partial charge on any atom is 0.226 e. The van der Waals surface area contributed by atoms with Gasteiger partial charge in [0.2, 0.25) is 5.91 Å². The van der Waals surface area contributed by atoms with Crippen molar-refractivity contribution in [1.82, 2.24) is 4.90 Å². The molecule has 0 bridgehead atoms. The SMILES string of the molecule is COc1ccccc1CN(C)C(=O)[C@H]1CC=CCC1. The molecule has 0 N–H and O–H groups in total. The zero-order valence-corrected chi connectivity index (χ0v) is 11.6. The molecule has 3 nitrogen and oxygen atoms in total. The Kier molecular flexibility index (Phi) is 4.61. The van der Waals surface area contributed by atoms with Crippen LogP contribution in [0.4, 0.5) is 0 Å². The van der Waals surface area contributed by atoms with Crippen molar-refractivity contribution in [3.05, 3.63) is 42.0 Å². The standard InChI is InChI=1S/C16H21NO2/c1-17(16(18)13-8-4-3-5-9-13)12-14-10-6-7-11-15(14)19-2/h3-4,6-7,10-11,13H,5,8-9,12H2,1-2H3/t13-/m0/s1. The summed E-state index contributed by atoms with van der Waals surface area (Å²) in [6.45, 7) is 0.600. The van der Waals surface area contributed by atoms with Gasteiger partial charge in [0.05, 0.1) is 7.11 Å². The lowest BCUT2D eigenvalue weighted by atomic mass is 9.93. The fraction of sp³-hybridized carbons (Fsp3) is 0.438. The van der Waals surface area contributed by atoms with Crippen LogP contribution in [0.1, 0.15) is 24.8 Å². The average molecular weight is 259 g/mol. The smallest absolute Gasteiger partial charge is 0.226 e. The van der Waals surface area contributed by atoms with Crippen LogP contribution >= 0.6 is 0 Å². The quantitative estimate of drug-likeness (QED) is 0.778. The number of benzene rings is 1. The van der Waals surface area contributed by atoms with Crippen LogP contribution in [-0.2, 0) is 11.3 Å². The molecule has 0 spiro atoms. The molecule has 102 valence electrons. The van der Waals surface area contributed by atoms with E-state index in [4.69, 9.17) is 4.74 Å². The van der Waals surface area contributed by atoms with Crippen LogP contribution in [0.2, 0.25) is 0 Å². The zero-order valence-electron chi connectivity index (χ0n) is 11.6. The number of rotatable bonds is 4. The van der Waals surface area contributed by atoms with Gasteiger partial charge in [0.15, 0.2) is 0 Å². The summed E-state index contributed by atoms with van der Waals surface area (Å²) in [6, 6.07) is 7.84. The van der Waals surface area contributed by atoms with E-state index in [-0.39, 0.29) is 11.8 Å². The van der Waals surface area contributed by atoms with Crippen LogP contribution in [-0.4, -0.2) is 25.0 Å². The van der Waals surface area contributed by atoms with E-state index in [1.54, 1.807) is 7.11 Å². The van der Waals surface area contributed by atoms with Gasteiger partial charge in [0, 0.05) is 25.1 Å². The number of amides is 1. The summed E-state index contributed by atoms with van der Waals surface area (Å²) in [6.07, 6.45) is 7.12.